The first kappa shape index (κ1) is 32.1. The highest BCUT2D eigenvalue weighted by Gasteiger charge is 2.38. The first-order valence-corrected chi connectivity index (χ1v) is 14.7. The number of hydrogen-bond donors (Lipinski definition) is 2. The van der Waals surface area contributed by atoms with Crippen molar-refractivity contribution >= 4 is 11.6 Å². The number of carbonyl (C=O) groups excluding carboxylic acids is 2. The first-order chi connectivity index (χ1) is 17.8. The summed E-state index contributed by atoms with van der Waals surface area (Å²) < 4.78 is 5.47. The molecule has 0 saturated carbocycles. The number of hydrogen-bond acceptors (Lipinski definition) is 5. The van der Waals surface area contributed by atoms with Crippen molar-refractivity contribution in [1.29, 1.82) is 0 Å². The monoisotopic (exact) mass is 528 g/mol. The fraction of sp³-hybridized carbons (Fsp3) is 0.697. The Labute approximate surface area is 231 Å². The van der Waals surface area contributed by atoms with Crippen LogP contribution in [0.2, 0.25) is 0 Å². The molecule has 2 rings (SSSR count). The summed E-state index contributed by atoms with van der Waals surface area (Å²) in [5.41, 5.74) is 3.15. The number of ether oxygens (including phenoxy) is 1. The molecule has 1 aromatic carbocycles. The number of phenols is 1. The van der Waals surface area contributed by atoms with Crippen molar-refractivity contribution in [2.24, 2.45) is 23.7 Å². The van der Waals surface area contributed by atoms with E-state index >= 15 is 0 Å². The Morgan fingerprint density at radius 1 is 0.737 bits per heavy atom. The summed E-state index contributed by atoms with van der Waals surface area (Å²) >= 11 is 0. The molecule has 0 bridgehead atoms. The lowest BCUT2D eigenvalue weighted by molar-refractivity contribution is 0.0877. The second-order valence-corrected chi connectivity index (χ2v) is 12.5. The summed E-state index contributed by atoms with van der Waals surface area (Å²) in [7, 11) is 1.40. The molecule has 1 aliphatic carbocycles. The molecule has 0 heterocycles. The molecule has 0 spiro atoms. The smallest absolute Gasteiger partial charge is 0.232 e. The molecule has 38 heavy (non-hydrogen) atoms. The van der Waals surface area contributed by atoms with Gasteiger partial charge in [-0.2, -0.15) is 0 Å². The molecule has 0 saturated heterocycles. The number of Topliss-reactive ketones (excluding diaryl/α,β-unsaturated/α-hetero) is 2. The van der Waals surface area contributed by atoms with E-state index in [-0.39, 0.29) is 28.8 Å². The van der Waals surface area contributed by atoms with Gasteiger partial charge in [-0.3, -0.25) is 9.59 Å². The molecule has 0 fully saturated rings. The van der Waals surface area contributed by atoms with Crippen LogP contribution < -0.4 is 0 Å². The van der Waals surface area contributed by atoms with Crippen LogP contribution in [0.25, 0.3) is 0 Å². The van der Waals surface area contributed by atoms with Crippen molar-refractivity contribution in [3.63, 3.8) is 0 Å². The molecular weight excluding hydrogens is 476 g/mol. The zero-order valence-corrected chi connectivity index (χ0v) is 25.4. The van der Waals surface area contributed by atoms with Gasteiger partial charge < -0.3 is 14.9 Å². The van der Waals surface area contributed by atoms with Crippen molar-refractivity contribution in [2.75, 3.05) is 7.11 Å². The van der Waals surface area contributed by atoms with E-state index in [1.54, 1.807) is 6.92 Å². The summed E-state index contributed by atoms with van der Waals surface area (Å²) in [6.07, 6.45) is 7.41. The lowest BCUT2D eigenvalue weighted by Gasteiger charge is -2.27. The third-order valence-corrected chi connectivity index (χ3v) is 8.48. The quantitative estimate of drug-likeness (QED) is 0.242. The first-order valence-electron chi connectivity index (χ1n) is 14.7. The van der Waals surface area contributed by atoms with Crippen molar-refractivity contribution < 1.29 is 24.5 Å². The summed E-state index contributed by atoms with van der Waals surface area (Å²) in [6, 6.07) is 0. The van der Waals surface area contributed by atoms with Gasteiger partial charge >= 0.3 is 0 Å². The Morgan fingerprint density at radius 2 is 1.37 bits per heavy atom. The molecule has 1 aliphatic rings. The highest BCUT2D eigenvalue weighted by molar-refractivity contribution is 6.28. The minimum Gasteiger partial charge on any atom is -0.507 e. The Hall–Kier alpha value is -2.14. The highest BCUT2D eigenvalue weighted by atomic mass is 16.5. The van der Waals surface area contributed by atoms with Gasteiger partial charge in [-0.25, -0.2) is 0 Å². The second kappa shape index (κ2) is 14.3. The van der Waals surface area contributed by atoms with E-state index in [4.69, 9.17) is 4.74 Å². The number of fused-ring (bicyclic) bond motifs is 1. The molecule has 0 aromatic heterocycles. The number of allylic oxidation sites excluding steroid dienone is 2. The highest BCUT2D eigenvalue weighted by Crippen LogP contribution is 2.41. The van der Waals surface area contributed by atoms with E-state index in [1.165, 1.54) is 26.4 Å². The Morgan fingerprint density at radius 3 is 1.95 bits per heavy atom. The third-order valence-electron chi connectivity index (χ3n) is 8.48. The van der Waals surface area contributed by atoms with Gasteiger partial charge in [0.1, 0.15) is 5.75 Å². The van der Waals surface area contributed by atoms with E-state index in [9.17, 15) is 19.8 Å². The molecule has 2 N–H and O–H groups in total. The number of aliphatic hydroxyl groups excluding tert-OH is 1. The average molecular weight is 529 g/mol. The molecule has 1 aromatic rings. The maximum atomic E-state index is 13.9. The van der Waals surface area contributed by atoms with Crippen molar-refractivity contribution in [2.45, 2.75) is 119 Å². The van der Waals surface area contributed by atoms with Gasteiger partial charge in [0.05, 0.1) is 18.8 Å². The van der Waals surface area contributed by atoms with E-state index in [2.05, 4.69) is 34.6 Å². The van der Waals surface area contributed by atoms with Gasteiger partial charge in [-0.1, -0.05) is 60.8 Å². The maximum Gasteiger partial charge on any atom is 0.232 e. The van der Waals surface area contributed by atoms with Crippen LogP contribution in [-0.2, 0) is 11.2 Å². The number of methoxy groups -OCH3 is 1. The van der Waals surface area contributed by atoms with Gasteiger partial charge in [-0.05, 0) is 92.7 Å². The SMILES string of the molecule is COC1=C(CC[C@H](C)[C@H](O)CC[C@H](C)CCCC(C)C)C(=O)c2c(CCC(C)C)c(C)c(C)c(O)c2C1=O. The number of benzene rings is 1. The van der Waals surface area contributed by atoms with Gasteiger partial charge in [-0.15, -0.1) is 0 Å². The number of aliphatic hydroxyl groups is 1. The Balaban J connectivity index is 2.21. The lowest BCUT2D eigenvalue weighted by atomic mass is 9.78. The number of ketones is 2. The largest absolute Gasteiger partial charge is 0.507 e. The number of aromatic hydroxyl groups is 1. The number of rotatable bonds is 15. The van der Waals surface area contributed by atoms with Crippen LogP contribution in [0.4, 0.5) is 0 Å². The summed E-state index contributed by atoms with van der Waals surface area (Å²) in [6.45, 7) is 16.7. The molecule has 214 valence electrons. The minimum absolute atomic E-state index is 0.0127. The summed E-state index contributed by atoms with van der Waals surface area (Å²) in [4.78, 5) is 27.4. The van der Waals surface area contributed by atoms with Crippen LogP contribution in [0.15, 0.2) is 11.3 Å². The van der Waals surface area contributed by atoms with Crippen LogP contribution in [0.1, 0.15) is 130 Å². The molecule has 0 amide bonds. The lowest BCUT2D eigenvalue weighted by Crippen LogP contribution is -2.27. The number of carbonyl (C=O) groups is 2. The molecule has 0 unspecified atom stereocenters. The molecule has 5 nitrogen and oxygen atoms in total. The second-order valence-electron chi connectivity index (χ2n) is 12.5. The van der Waals surface area contributed by atoms with E-state index < -0.39 is 11.9 Å². The van der Waals surface area contributed by atoms with Gasteiger partial charge in [0.2, 0.25) is 5.78 Å². The van der Waals surface area contributed by atoms with E-state index in [0.29, 0.717) is 47.8 Å². The molecule has 0 aliphatic heterocycles. The molecule has 5 heteroatoms. The molecule has 3 atom stereocenters. The van der Waals surface area contributed by atoms with Crippen LogP contribution in [0, 0.1) is 37.5 Å². The predicted molar refractivity (Wildman–Crippen MR) is 155 cm³/mol. The van der Waals surface area contributed by atoms with Crippen molar-refractivity contribution in [3.8, 4) is 5.75 Å². The zero-order chi connectivity index (χ0) is 28.7. The predicted octanol–water partition coefficient (Wildman–Crippen LogP) is 7.90. The van der Waals surface area contributed by atoms with Crippen LogP contribution in [-0.4, -0.2) is 35.0 Å². The fourth-order valence-electron chi connectivity index (χ4n) is 5.54. The van der Waals surface area contributed by atoms with Gasteiger partial charge in [0.15, 0.2) is 11.5 Å². The summed E-state index contributed by atoms with van der Waals surface area (Å²) in [5, 5.41) is 21.8. The van der Waals surface area contributed by atoms with Crippen LogP contribution in [0.3, 0.4) is 0 Å². The fourth-order valence-corrected chi connectivity index (χ4v) is 5.54. The molecule has 0 radical (unpaired) electrons. The van der Waals surface area contributed by atoms with Crippen LogP contribution >= 0.6 is 0 Å². The van der Waals surface area contributed by atoms with Gasteiger partial charge in [0, 0.05) is 11.1 Å². The Kier molecular flexibility index (Phi) is 12.1. The normalized spacial score (nSPS) is 16.3. The topological polar surface area (TPSA) is 83.8 Å². The maximum absolute atomic E-state index is 13.9. The molecular formula is C33H52O5. The summed E-state index contributed by atoms with van der Waals surface area (Å²) in [5.74, 6) is 0.987. The van der Waals surface area contributed by atoms with Crippen molar-refractivity contribution in [3.05, 3.63) is 39.1 Å². The van der Waals surface area contributed by atoms with E-state index in [1.807, 2.05) is 13.8 Å². The minimum atomic E-state index is -0.452. The number of phenolic OH excluding ortho intramolecular Hbond substituents is 1. The van der Waals surface area contributed by atoms with E-state index in [0.717, 1.165) is 36.3 Å². The van der Waals surface area contributed by atoms with Crippen LogP contribution in [0.5, 0.6) is 5.75 Å². The Bertz CT molecular complexity index is 1020. The van der Waals surface area contributed by atoms with Gasteiger partial charge in [0.25, 0.3) is 0 Å². The van der Waals surface area contributed by atoms with Crippen molar-refractivity contribution in [1.82, 2.24) is 0 Å². The third kappa shape index (κ3) is 7.71. The zero-order valence-electron chi connectivity index (χ0n) is 25.4. The standard InChI is InChI=1S/C33H52O5/c1-19(2)11-10-12-21(5)14-18-27(34)22(6)15-17-26-31(36)28-25(16-13-20(3)4)23(7)24(8)30(35)29(28)32(37)33(26)38-9/h19-22,27,34-35H,10-18H2,1-9H3/t21-,22+,27-/m1/s1. The average Bonchev–Trinajstić information content (AvgIpc) is 2.85.